The van der Waals surface area contributed by atoms with Crippen LogP contribution in [0.5, 0.6) is 0 Å². The van der Waals surface area contributed by atoms with Crippen molar-refractivity contribution in [3.8, 4) is 0 Å². The van der Waals surface area contributed by atoms with Gasteiger partial charge in [0.2, 0.25) is 22.2 Å². The summed E-state index contributed by atoms with van der Waals surface area (Å²) in [5.74, 6) is -0.533. The third-order valence-corrected chi connectivity index (χ3v) is 2.83. The van der Waals surface area contributed by atoms with Crippen LogP contribution in [0.3, 0.4) is 0 Å². The molecule has 0 aromatic carbocycles. The third-order valence-electron chi connectivity index (χ3n) is 2.42. The quantitative estimate of drug-likeness (QED) is 0.272. The number of hydrogen-bond donors (Lipinski definition) is 2. The Labute approximate surface area is 157 Å². The summed E-state index contributed by atoms with van der Waals surface area (Å²) in [6.07, 6.45) is 1.06. The molecule has 3 N–H and O–H groups in total. The van der Waals surface area contributed by atoms with Crippen molar-refractivity contribution >= 4 is 22.2 Å². The van der Waals surface area contributed by atoms with Crippen molar-refractivity contribution in [1.82, 2.24) is 5.32 Å². The molecule has 0 spiro atoms. The van der Waals surface area contributed by atoms with Crippen molar-refractivity contribution in [2.75, 3.05) is 41.3 Å². The van der Waals surface area contributed by atoms with E-state index in [0.29, 0.717) is 12.1 Å². The molecule has 0 unspecified atom stereocenters. The smallest absolute Gasteiger partial charge is 0.246 e. The molecule has 26 heavy (non-hydrogen) atoms. The van der Waals surface area contributed by atoms with Crippen molar-refractivity contribution in [1.29, 1.82) is 0 Å². The summed E-state index contributed by atoms with van der Waals surface area (Å²) in [6.45, 7) is 14.5. The zero-order valence-corrected chi connectivity index (χ0v) is 17.6. The summed E-state index contributed by atoms with van der Waals surface area (Å²) < 4.78 is 31.9. The lowest BCUT2D eigenvalue weighted by atomic mass is 9.92. The fourth-order valence-corrected chi connectivity index (χ4v) is 1.81. The van der Waals surface area contributed by atoms with Gasteiger partial charge in [-0.05, 0) is 13.0 Å². The minimum absolute atomic E-state index is 0.0514. The number of carbonyl (C=O) groups is 2. The molecule has 2 amide bonds. The minimum atomic E-state index is -4.41. The predicted octanol–water partition coefficient (Wildman–Crippen LogP) is 0.162. The molecule has 0 aliphatic rings. The topological polar surface area (TPSA) is 139 Å². The minimum Gasteiger partial charge on any atom is -0.726 e. The number of hydrogen-bond acceptors (Lipinski definition) is 6. The number of nitrogens with zero attached hydrogens (tertiary/aromatic N) is 1. The maximum atomic E-state index is 11.3. The van der Waals surface area contributed by atoms with Crippen molar-refractivity contribution < 1.29 is 31.2 Å². The van der Waals surface area contributed by atoms with Crippen LogP contribution in [0.4, 0.5) is 0 Å². The molecular formula is C16H33N3O6S. The first-order valence-corrected chi connectivity index (χ1v) is 8.87. The van der Waals surface area contributed by atoms with Gasteiger partial charge < -0.3 is 20.1 Å². The Morgan fingerprint density at radius 3 is 1.85 bits per heavy atom. The second-order valence-electron chi connectivity index (χ2n) is 7.26. The van der Waals surface area contributed by atoms with Crippen molar-refractivity contribution in [2.45, 2.75) is 20.8 Å². The van der Waals surface area contributed by atoms with Crippen LogP contribution in [-0.4, -0.2) is 70.6 Å². The summed E-state index contributed by atoms with van der Waals surface area (Å²) in [5.41, 5.74) is 5.20. The SMILES string of the molecule is C=C(C)C(=O)NCC(C)(C)C[N+](C)(C)C.C=CC(N)=O.COS(=O)(=O)[O-]. The number of nitrogens with one attached hydrogen (secondary N) is 1. The first-order valence-electron chi connectivity index (χ1n) is 7.54. The van der Waals surface area contributed by atoms with Crippen LogP contribution in [0.15, 0.2) is 24.8 Å². The molecule has 0 atom stereocenters. The zero-order chi connectivity index (χ0) is 21.8. The molecule has 0 aromatic heterocycles. The molecule has 0 aliphatic carbocycles. The Hall–Kier alpha value is -1.75. The lowest BCUT2D eigenvalue weighted by Crippen LogP contribution is -2.47. The lowest BCUT2D eigenvalue weighted by molar-refractivity contribution is -0.876. The number of quaternary nitrogens is 1. The van der Waals surface area contributed by atoms with E-state index < -0.39 is 16.3 Å². The van der Waals surface area contributed by atoms with Crippen LogP contribution >= 0.6 is 0 Å². The molecule has 0 saturated carbocycles. The number of rotatable bonds is 7. The average molecular weight is 396 g/mol. The summed E-state index contributed by atoms with van der Waals surface area (Å²) in [6, 6.07) is 0. The van der Waals surface area contributed by atoms with Gasteiger partial charge in [0.05, 0.1) is 34.8 Å². The second kappa shape index (κ2) is 12.6. The first-order chi connectivity index (χ1) is 11.4. The average Bonchev–Trinajstić information content (AvgIpc) is 2.42. The van der Waals surface area contributed by atoms with Crippen molar-refractivity contribution in [2.24, 2.45) is 11.1 Å². The fraction of sp³-hybridized carbons (Fsp3) is 0.625. The first kappa shape index (κ1) is 29.0. The summed E-state index contributed by atoms with van der Waals surface area (Å²) in [4.78, 5) is 20.8. The van der Waals surface area contributed by atoms with E-state index >= 15 is 0 Å². The largest absolute Gasteiger partial charge is 0.726 e. The van der Waals surface area contributed by atoms with Crippen LogP contribution in [0, 0.1) is 5.41 Å². The van der Waals surface area contributed by atoms with E-state index in [0.717, 1.165) is 24.2 Å². The Morgan fingerprint density at radius 2 is 1.65 bits per heavy atom. The van der Waals surface area contributed by atoms with Gasteiger partial charge in [0.15, 0.2) is 0 Å². The van der Waals surface area contributed by atoms with Crippen LogP contribution in [0.1, 0.15) is 20.8 Å². The molecule has 0 aliphatic heterocycles. The van der Waals surface area contributed by atoms with Gasteiger partial charge in [0.25, 0.3) is 0 Å². The Kier molecular flexibility index (Phi) is 14.0. The van der Waals surface area contributed by atoms with Gasteiger partial charge in [0.1, 0.15) is 0 Å². The molecule has 9 nitrogen and oxygen atoms in total. The van der Waals surface area contributed by atoms with E-state index in [9.17, 15) is 22.6 Å². The molecule has 0 heterocycles. The van der Waals surface area contributed by atoms with Crippen LogP contribution in [-0.2, 0) is 24.2 Å². The molecule has 0 saturated heterocycles. The normalized spacial score (nSPS) is 11.1. The van der Waals surface area contributed by atoms with Gasteiger partial charge in [-0.25, -0.2) is 8.42 Å². The molecule has 0 bridgehead atoms. The van der Waals surface area contributed by atoms with E-state index in [1.807, 2.05) is 0 Å². The Morgan fingerprint density at radius 1 is 1.31 bits per heavy atom. The molecule has 10 heteroatoms. The predicted molar refractivity (Wildman–Crippen MR) is 101 cm³/mol. The molecule has 0 rings (SSSR count). The zero-order valence-electron chi connectivity index (χ0n) is 16.8. The number of primary amides is 1. The van der Waals surface area contributed by atoms with Gasteiger partial charge in [-0.1, -0.05) is 27.0 Å². The maximum Gasteiger partial charge on any atom is 0.246 e. The van der Waals surface area contributed by atoms with Crippen molar-refractivity contribution in [3.05, 3.63) is 24.8 Å². The van der Waals surface area contributed by atoms with E-state index in [1.165, 1.54) is 0 Å². The highest BCUT2D eigenvalue weighted by Gasteiger charge is 2.26. The number of carbonyl (C=O) groups excluding carboxylic acids is 2. The molecule has 0 radical (unpaired) electrons. The summed E-state index contributed by atoms with van der Waals surface area (Å²) >= 11 is 0. The maximum absolute atomic E-state index is 11.3. The number of amides is 2. The van der Waals surface area contributed by atoms with Gasteiger partial charge in [-0.2, -0.15) is 0 Å². The molecule has 0 aromatic rings. The van der Waals surface area contributed by atoms with Crippen LogP contribution < -0.4 is 11.1 Å². The number of nitrogens with two attached hydrogens (primary N) is 1. The van der Waals surface area contributed by atoms with Gasteiger partial charge >= 0.3 is 0 Å². The molecule has 0 fully saturated rings. The van der Waals surface area contributed by atoms with Gasteiger partial charge in [-0.3, -0.25) is 13.8 Å². The van der Waals surface area contributed by atoms with E-state index in [4.69, 9.17) is 0 Å². The highest BCUT2D eigenvalue weighted by Crippen LogP contribution is 2.17. The highest BCUT2D eigenvalue weighted by molar-refractivity contribution is 7.80. The van der Waals surface area contributed by atoms with E-state index in [2.05, 4.69) is 63.4 Å². The second-order valence-corrected chi connectivity index (χ2v) is 8.41. The van der Waals surface area contributed by atoms with Gasteiger partial charge in [0, 0.05) is 17.5 Å². The van der Waals surface area contributed by atoms with Crippen LogP contribution in [0.25, 0.3) is 0 Å². The van der Waals surface area contributed by atoms with Crippen molar-refractivity contribution in [3.63, 3.8) is 0 Å². The monoisotopic (exact) mass is 395 g/mol. The highest BCUT2D eigenvalue weighted by atomic mass is 32.3. The standard InChI is InChI=1S/C12H24N2O.C3H5NO.CH4O4S/c1-10(2)11(15)13-8-12(3,4)9-14(5,6)7;1-2-3(4)5;1-5-6(2,3)4/h1,8-9H2,2-7H3;2H,1H2,(H2,4,5);1H3,(H,2,3,4). The fourth-order valence-electron chi connectivity index (χ4n) is 1.81. The Balaban J connectivity index is -0.000000394. The van der Waals surface area contributed by atoms with Crippen LogP contribution in [0.2, 0.25) is 0 Å². The van der Waals surface area contributed by atoms with E-state index in [1.54, 1.807) is 6.92 Å². The molecule has 154 valence electrons. The summed E-state index contributed by atoms with van der Waals surface area (Å²) in [5, 5.41) is 2.90. The third kappa shape index (κ3) is 27.1. The lowest BCUT2D eigenvalue weighted by Gasteiger charge is -2.34. The molecular weight excluding hydrogens is 362 g/mol. The summed E-state index contributed by atoms with van der Waals surface area (Å²) in [7, 11) is 2.86. The Bertz CT molecular complexity index is 577. The van der Waals surface area contributed by atoms with E-state index in [-0.39, 0.29) is 11.3 Å². The van der Waals surface area contributed by atoms with Gasteiger partial charge in [-0.15, -0.1) is 0 Å².